The van der Waals surface area contributed by atoms with Gasteiger partial charge in [-0.3, -0.25) is 0 Å². The molecule has 0 saturated heterocycles. The van der Waals surface area contributed by atoms with Gasteiger partial charge in [0.05, 0.1) is 13.2 Å². The molecule has 0 heterocycles. The van der Waals surface area contributed by atoms with E-state index in [9.17, 15) is 5.11 Å². The summed E-state index contributed by atoms with van der Waals surface area (Å²) in [4.78, 5) is 0. The van der Waals surface area contributed by atoms with Crippen molar-refractivity contribution in [3.63, 3.8) is 0 Å². The van der Waals surface area contributed by atoms with Gasteiger partial charge in [-0.1, -0.05) is 139 Å². The van der Waals surface area contributed by atoms with Gasteiger partial charge in [0.2, 0.25) is 0 Å². The average Bonchev–Trinajstić information content (AvgIpc) is 2.85. The predicted octanol–water partition coefficient (Wildman–Crippen LogP) is 10.1. The smallest absolute Gasteiger partial charge is 0.104 e. The van der Waals surface area contributed by atoms with Crippen LogP contribution in [0.3, 0.4) is 0 Å². The Hall–Kier alpha value is -0.120. The highest BCUT2D eigenvalue weighted by molar-refractivity contribution is 4.62. The van der Waals surface area contributed by atoms with Gasteiger partial charge in [-0.05, 0) is 48.3 Å². The summed E-state index contributed by atoms with van der Waals surface area (Å²) in [5.74, 6) is 4.85. The molecule has 0 rings (SSSR count). The SMILES string of the molecule is CC[C@@H](C)CCC[C@@H](C)CCO[C@H](CO)COCC[C@@H](C)CCC[C@H](C)CCC[C@@H](C)CCCC(C)C. The largest absolute Gasteiger partial charge is 0.394 e. The van der Waals surface area contributed by atoms with E-state index in [0.29, 0.717) is 18.4 Å². The molecule has 3 nitrogen and oxygen atoms in total. The highest BCUT2D eigenvalue weighted by Crippen LogP contribution is 2.23. The van der Waals surface area contributed by atoms with Crippen LogP contribution < -0.4 is 0 Å². The van der Waals surface area contributed by atoms with Crippen LogP contribution in [0.4, 0.5) is 0 Å². The van der Waals surface area contributed by atoms with E-state index in [4.69, 9.17) is 9.47 Å². The van der Waals surface area contributed by atoms with E-state index in [1.807, 2.05) is 0 Å². The number of aliphatic hydroxyl groups is 1. The number of rotatable bonds is 27. The lowest BCUT2D eigenvalue weighted by molar-refractivity contribution is -0.0471. The van der Waals surface area contributed by atoms with Crippen molar-refractivity contribution in [3.05, 3.63) is 0 Å². The molecule has 0 spiro atoms. The first-order valence-electron chi connectivity index (χ1n) is 16.5. The van der Waals surface area contributed by atoms with Crippen molar-refractivity contribution in [1.82, 2.24) is 0 Å². The molecule has 6 atom stereocenters. The van der Waals surface area contributed by atoms with Gasteiger partial charge in [0.15, 0.2) is 0 Å². The molecule has 1 N–H and O–H groups in total. The fraction of sp³-hybridized carbons (Fsp3) is 1.00. The predicted molar refractivity (Wildman–Crippen MR) is 163 cm³/mol. The second-order valence-corrected chi connectivity index (χ2v) is 13.4. The van der Waals surface area contributed by atoms with E-state index >= 15 is 0 Å². The molecular weight excluding hydrogens is 456 g/mol. The zero-order valence-electron chi connectivity index (χ0n) is 26.7. The lowest BCUT2D eigenvalue weighted by Gasteiger charge is -2.19. The number of ether oxygens (including phenoxy) is 2. The van der Waals surface area contributed by atoms with Gasteiger partial charge in [0, 0.05) is 13.2 Å². The maximum Gasteiger partial charge on any atom is 0.104 e. The molecule has 0 aliphatic rings. The molecule has 0 aromatic heterocycles. The summed E-state index contributed by atoms with van der Waals surface area (Å²) in [6, 6.07) is 0. The van der Waals surface area contributed by atoms with Crippen molar-refractivity contribution in [1.29, 1.82) is 0 Å². The first-order chi connectivity index (χ1) is 17.7. The lowest BCUT2D eigenvalue weighted by Crippen LogP contribution is -2.25. The van der Waals surface area contributed by atoms with Crippen molar-refractivity contribution in [2.24, 2.45) is 35.5 Å². The van der Waals surface area contributed by atoms with Gasteiger partial charge in [-0.25, -0.2) is 0 Å². The third-order valence-electron chi connectivity index (χ3n) is 8.58. The first-order valence-corrected chi connectivity index (χ1v) is 16.5. The third-order valence-corrected chi connectivity index (χ3v) is 8.58. The van der Waals surface area contributed by atoms with Crippen LogP contribution in [0.25, 0.3) is 0 Å². The van der Waals surface area contributed by atoms with E-state index in [1.54, 1.807) is 0 Å². The fourth-order valence-electron chi connectivity index (χ4n) is 5.19. The Morgan fingerprint density at radius 3 is 1.35 bits per heavy atom. The molecule has 0 fully saturated rings. The van der Waals surface area contributed by atoms with Crippen LogP contribution in [0.2, 0.25) is 0 Å². The molecule has 0 aromatic carbocycles. The first kappa shape index (κ1) is 36.9. The normalized spacial score (nSPS) is 17.0. The minimum atomic E-state index is -0.179. The van der Waals surface area contributed by atoms with Crippen molar-refractivity contribution in [3.8, 4) is 0 Å². The number of aliphatic hydroxyl groups excluding tert-OH is 1. The van der Waals surface area contributed by atoms with Gasteiger partial charge in [0.1, 0.15) is 6.10 Å². The van der Waals surface area contributed by atoms with Crippen molar-refractivity contribution in [2.75, 3.05) is 26.4 Å². The van der Waals surface area contributed by atoms with Crippen molar-refractivity contribution < 1.29 is 14.6 Å². The maximum absolute atomic E-state index is 9.64. The molecule has 0 amide bonds. The molecule has 0 saturated carbocycles. The highest BCUT2D eigenvalue weighted by Gasteiger charge is 2.12. The van der Waals surface area contributed by atoms with Crippen LogP contribution in [0.15, 0.2) is 0 Å². The molecule has 3 heteroatoms. The molecular formula is C34H70O3. The summed E-state index contributed by atoms with van der Waals surface area (Å²) in [6.45, 7) is 20.9. The minimum Gasteiger partial charge on any atom is -0.394 e. The monoisotopic (exact) mass is 527 g/mol. The topological polar surface area (TPSA) is 38.7 Å². The van der Waals surface area contributed by atoms with Crippen molar-refractivity contribution >= 4 is 0 Å². The van der Waals surface area contributed by atoms with Crippen molar-refractivity contribution in [2.45, 2.75) is 158 Å². The Morgan fingerprint density at radius 1 is 0.514 bits per heavy atom. The second kappa shape index (κ2) is 24.9. The van der Waals surface area contributed by atoms with Crippen LogP contribution in [-0.2, 0) is 9.47 Å². The summed E-state index contributed by atoms with van der Waals surface area (Å²) in [5.41, 5.74) is 0. The van der Waals surface area contributed by atoms with E-state index in [1.165, 1.54) is 83.5 Å². The molecule has 0 aromatic rings. The molecule has 0 radical (unpaired) electrons. The van der Waals surface area contributed by atoms with Gasteiger partial charge in [-0.2, -0.15) is 0 Å². The highest BCUT2D eigenvalue weighted by atomic mass is 16.5. The zero-order valence-corrected chi connectivity index (χ0v) is 26.7. The summed E-state index contributed by atoms with van der Waals surface area (Å²) in [5, 5.41) is 9.64. The average molecular weight is 527 g/mol. The van der Waals surface area contributed by atoms with Crippen LogP contribution in [-0.4, -0.2) is 37.6 Å². The van der Waals surface area contributed by atoms with Gasteiger partial charge in [-0.15, -0.1) is 0 Å². The van der Waals surface area contributed by atoms with Gasteiger partial charge in [0.25, 0.3) is 0 Å². The summed E-state index contributed by atoms with van der Waals surface area (Å²) >= 11 is 0. The lowest BCUT2D eigenvalue weighted by atomic mass is 9.91. The summed E-state index contributed by atoms with van der Waals surface area (Å²) < 4.78 is 11.8. The van der Waals surface area contributed by atoms with E-state index in [0.717, 1.165) is 49.7 Å². The molecule has 0 aliphatic carbocycles. The Labute approximate surface area is 234 Å². The van der Waals surface area contributed by atoms with Crippen LogP contribution in [0, 0.1) is 35.5 Å². The zero-order chi connectivity index (χ0) is 27.9. The molecule has 0 bridgehead atoms. The van der Waals surface area contributed by atoms with Crippen LogP contribution >= 0.6 is 0 Å². The maximum atomic E-state index is 9.64. The molecule has 37 heavy (non-hydrogen) atoms. The van der Waals surface area contributed by atoms with E-state index in [-0.39, 0.29) is 12.7 Å². The van der Waals surface area contributed by atoms with Gasteiger partial charge >= 0.3 is 0 Å². The van der Waals surface area contributed by atoms with E-state index in [2.05, 4.69) is 55.4 Å². The third kappa shape index (κ3) is 24.6. The quantitative estimate of drug-likeness (QED) is 0.108. The van der Waals surface area contributed by atoms with Crippen LogP contribution in [0.1, 0.15) is 152 Å². The fourth-order valence-corrected chi connectivity index (χ4v) is 5.19. The Morgan fingerprint density at radius 2 is 0.919 bits per heavy atom. The molecule has 0 unspecified atom stereocenters. The standard InChI is InChI=1S/C34H70O3/c1-9-29(4)15-11-20-33(8)23-25-37-34(26-35)27-36-24-22-32(7)21-13-19-31(6)18-12-17-30(5)16-10-14-28(2)3/h28-35H,9-27H2,1-8H3/t29-,30+,31-,32+,33-,34-/m1/s1. The summed E-state index contributed by atoms with van der Waals surface area (Å²) in [7, 11) is 0. The Bertz CT molecular complexity index is 466. The number of hydrogen-bond acceptors (Lipinski definition) is 3. The summed E-state index contributed by atoms with van der Waals surface area (Å²) in [6.07, 6.45) is 19.6. The Balaban J connectivity index is 3.72. The van der Waals surface area contributed by atoms with E-state index < -0.39 is 0 Å². The molecule has 224 valence electrons. The number of hydrogen-bond donors (Lipinski definition) is 1. The van der Waals surface area contributed by atoms with Gasteiger partial charge < -0.3 is 14.6 Å². The van der Waals surface area contributed by atoms with Crippen LogP contribution in [0.5, 0.6) is 0 Å². The second-order valence-electron chi connectivity index (χ2n) is 13.4. The molecule has 0 aliphatic heterocycles. The Kier molecular flexibility index (Phi) is 24.8. The minimum absolute atomic E-state index is 0.0482.